The van der Waals surface area contributed by atoms with Crippen LogP contribution in [0.25, 0.3) is 0 Å². The Hall–Kier alpha value is -2.69. The van der Waals surface area contributed by atoms with Gasteiger partial charge in [-0.25, -0.2) is 4.39 Å². The average molecular weight is 300 g/mol. The molecule has 2 aromatic rings. The molecule has 0 radical (unpaired) electrons. The Morgan fingerprint density at radius 3 is 2.36 bits per heavy atom. The number of carbonyl (C=O) groups is 2. The topological polar surface area (TPSA) is 49.4 Å². The van der Waals surface area contributed by atoms with Crippen molar-refractivity contribution >= 4 is 17.5 Å². The van der Waals surface area contributed by atoms with Crippen LogP contribution in [0.3, 0.4) is 0 Å². The Bertz CT molecular complexity index is 659. The lowest BCUT2D eigenvalue weighted by Crippen LogP contribution is -2.38. The van der Waals surface area contributed by atoms with Crippen molar-refractivity contribution in [1.82, 2.24) is 5.32 Å². The van der Waals surface area contributed by atoms with Gasteiger partial charge in [0, 0.05) is 12.7 Å². The molecule has 4 nitrogen and oxygen atoms in total. The van der Waals surface area contributed by atoms with Crippen LogP contribution in [0.15, 0.2) is 54.6 Å². The summed E-state index contributed by atoms with van der Waals surface area (Å²) in [5.41, 5.74) is 1.06. The Morgan fingerprint density at radius 1 is 1.05 bits per heavy atom. The van der Waals surface area contributed by atoms with Crippen LogP contribution < -0.4 is 10.2 Å². The molecule has 0 aliphatic heterocycles. The first-order valence-electron chi connectivity index (χ1n) is 6.89. The number of hydrogen-bond donors (Lipinski definition) is 1. The molecule has 0 aliphatic carbocycles. The van der Waals surface area contributed by atoms with Crippen LogP contribution >= 0.6 is 0 Å². The van der Waals surface area contributed by atoms with Gasteiger partial charge in [0.25, 0.3) is 0 Å². The minimum Gasteiger partial charge on any atom is -0.347 e. The van der Waals surface area contributed by atoms with Crippen molar-refractivity contribution in [3.05, 3.63) is 66.0 Å². The molecule has 0 heterocycles. The lowest BCUT2D eigenvalue weighted by molar-refractivity contribution is -0.124. The van der Waals surface area contributed by atoms with Gasteiger partial charge in [-0.2, -0.15) is 0 Å². The molecule has 1 N–H and O–H groups in total. The fourth-order valence-corrected chi connectivity index (χ4v) is 1.97. The largest absolute Gasteiger partial charge is 0.347 e. The van der Waals surface area contributed by atoms with Crippen LogP contribution in [0.2, 0.25) is 0 Å². The van der Waals surface area contributed by atoms with E-state index in [0.717, 1.165) is 5.69 Å². The number of benzene rings is 2. The summed E-state index contributed by atoms with van der Waals surface area (Å²) in [7, 11) is 1.64. The van der Waals surface area contributed by atoms with E-state index in [-0.39, 0.29) is 24.8 Å². The molecule has 114 valence electrons. The number of hydrogen-bond acceptors (Lipinski definition) is 2. The smallest absolute Gasteiger partial charge is 0.246 e. The van der Waals surface area contributed by atoms with E-state index in [2.05, 4.69) is 5.32 Å². The first kappa shape index (κ1) is 15.7. The van der Waals surface area contributed by atoms with Gasteiger partial charge in [0.15, 0.2) is 0 Å². The third kappa shape index (κ3) is 4.15. The predicted molar refractivity (Wildman–Crippen MR) is 83.0 cm³/mol. The number of anilines is 1. The standard InChI is InChI=1S/C17H17FN2O2/c1-20(14-8-3-2-4-9-14)17(22)12-19-16(21)11-13-7-5-6-10-15(13)18/h2-10H,11-12H2,1H3,(H,19,21). The minimum absolute atomic E-state index is 0.0883. The van der Waals surface area contributed by atoms with Crippen molar-refractivity contribution in [3.63, 3.8) is 0 Å². The molecule has 0 unspecified atom stereocenters. The summed E-state index contributed by atoms with van der Waals surface area (Å²) >= 11 is 0. The maximum Gasteiger partial charge on any atom is 0.246 e. The van der Waals surface area contributed by atoms with Gasteiger partial charge in [-0.3, -0.25) is 9.59 Å². The second kappa shape index (κ2) is 7.36. The van der Waals surface area contributed by atoms with Gasteiger partial charge >= 0.3 is 0 Å². The molecule has 2 aromatic carbocycles. The third-order valence-electron chi connectivity index (χ3n) is 3.26. The Balaban J connectivity index is 1.86. The average Bonchev–Trinajstić information content (AvgIpc) is 2.55. The number of carbonyl (C=O) groups excluding carboxylic acids is 2. The molecule has 0 spiro atoms. The van der Waals surface area contributed by atoms with E-state index >= 15 is 0 Å². The van der Waals surface area contributed by atoms with Gasteiger partial charge in [0.2, 0.25) is 11.8 Å². The maximum absolute atomic E-state index is 13.4. The van der Waals surface area contributed by atoms with E-state index in [1.807, 2.05) is 18.2 Å². The highest BCUT2D eigenvalue weighted by atomic mass is 19.1. The molecule has 2 amide bonds. The first-order chi connectivity index (χ1) is 10.6. The van der Waals surface area contributed by atoms with E-state index in [0.29, 0.717) is 5.56 Å². The molecule has 22 heavy (non-hydrogen) atoms. The van der Waals surface area contributed by atoms with Gasteiger partial charge in [-0.15, -0.1) is 0 Å². The van der Waals surface area contributed by atoms with E-state index in [1.165, 1.54) is 11.0 Å². The monoisotopic (exact) mass is 300 g/mol. The van der Waals surface area contributed by atoms with Gasteiger partial charge in [0.05, 0.1) is 13.0 Å². The zero-order valence-corrected chi connectivity index (χ0v) is 12.3. The van der Waals surface area contributed by atoms with Crippen LogP contribution in [-0.2, 0) is 16.0 Å². The zero-order chi connectivity index (χ0) is 15.9. The molecule has 0 atom stereocenters. The van der Waals surface area contributed by atoms with Crippen LogP contribution in [0.5, 0.6) is 0 Å². The molecule has 2 rings (SSSR count). The molecular formula is C17H17FN2O2. The highest BCUT2D eigenvalue weighted by Gasteiger charge is 2.13. The van der Waals surface area contributed by atoms with Crippen molar-refractivity contribution in [2.45, 2.75) is 6.42 Å². The van der Waals surface area contributed by atoms with E-state index in [1.54, 1.807) is 37.4 Å². The molecular weight excluding hydrogens is 283 g/mol. The summed E-state index contributed by atoms with van der Waals surface area (Å²) in [5.74, 6) is -1.06. The number of amides is 2. The minimum atomic E-state index is -0.426. The molecule has 0 saturated heterocycles. The second-order valence-corrected chi connectivity index (χ2v) is 4.83. The SMILES string of the molecule is CN(C(=O)CNC(=O)Cc1ccccc1F)c1ccccc1. The molecule has 0 saturated carbocycles. The van der Waals surface area contributed by atoms with Crippen molar-refractivity contribution in [3.8, 4) is 0 Å². The summed E-state index contributed by atoms with van der Waals surface area (Å²) in [6, 6.07) is 15.2. The lowest BCUT2D eigenvalue weighted by atomic mass is 10.1. The predicted octanol–water partition coefficient (Wildman–Crippen LogP) is 2.15. The fourth-order valence-electron chi connectivity index (χ4n) is 1.97. The fraction of sp³-hybridized carbons (Fsp3) is 0.176. The summed E-state index contributed by atoms with van der Waals surface area (Å²) in [6.45, 7) is -0.126. The Morgan fingerprint density at radius 2 is 1.68 bits per heavy atom. The van der Waals surface area contributed by atoms with Crippen LogP contribution in [-0.4, -0.2) is 25.4 Å². The summed E-state index contributed by atoms with van der Waals surface area (Å²) in [5, 5.41) is 2.51. The second-order valence-electron chi connectivity index (χ2n) is 4.83. The molecule has 0 aliphatic rings. The highest BCUT2D eigenvalue weighted by Crippen LogP contribution is 2.10. The van der Waals surface area contributed by atoms with Crippen molar-refractivity contribution in [1.29, 1.82) is 0 Å². The normalized spacial score (nSPS) is 10.1. The van der Waals surface area contributed by atoms with E-state index < -0.39 is 5.82 Å². The van der Waals surface area contributed by atoms with Crippen LogP contribution in [0.1, 0.15) is 5.56 Å². The number of nitrogens with zero attached hydrogens (tertiary/aromatic N) is 1. The van der Waals surface area contributed by atoms with Gasteiger partial charge < -0.3 is 10.2 Å². The Kier molecular flexibility index (Phi) is 5.25. The Labute approximate surface area is 128 Å². The summed E-state index contributed by atoms with van der Waals surface area (Å²) in [6.07, 6.45) is -0.0883. The molecule has 0 aromatic heterocycles. The number of rotatable bonds is 5. The number of halogens is 1. The number of nitrogens with one attached hydrogen (secondary N) is 1. The summed E-state index contributed by atoms with van der Waals surface area (Å²) in [4.78, 5) is 25.2. The van der Waals surface area contributed by atoms with Gasteiger partial charge in [-0.05, 0) is 23.8 Å². The van der Waals surface area contributed by atoms with Gasteiger partial charge in [0.1, 0.15) is 5.82 Å². The van der Waals surface area contributed by atoms with Crippen LogP contribution in [0, 0.1) is 5.82 Å². The third-order valence-corrected chi connectivity index (χ3v) is 3.26. The quantitative estimate of drug-likeness (QED) is 0.920. The molecule has 0 bridgehead atoms. The van der Waals surface area contributed by atoms with Crippen LogP contribution in [0.4, 0.5) is 10.1 Å². The number of likely N-dealkylation sites (N-methyl/N-ethyl adjacent to an activating group) is 1. The zero-order valence-electron chi connectivity index (χ0n) is 12.3. The molecule has 5 heteroatoms. The number of para-hydroxylation sites is 1. The van der Waals surface area contributed by atoms with Crippen molar-refractivity contribution < 1.29 is 14.0 Å². The van der Waals surface area contributed by atoms with Gasteiger partial charge in [-0.1, -0.05) is 36.4 Å². The van der Waals surface area contributed by atoms with E-state index in [4.69, 9.17) is 0 Å². The van der Waals surface area contributed by atoms with Crippen molar-refractivity contribution in [2.75, 3.05) is 18.5 Å². The summed E-state index contributed by atoms with van der Waals surface area (Å²) < 4.78 is 13.4. The van der Waals surface area contributed by atoms with Crippen molar-refractivity contribution in [2.24, 2.45) is 0 Å². The lowest BCUT2D eigenvalue weighted by Gasteiger charge is -2.17. The molecule has 0 fully saturated rings. The van der Waals surface area contributed by atoms with E-state index in [9.17, 15) is 14.0 Å². The maximum atomic E-state index is 13.4. The highest BCUT2D eigenvalue weighted by molar-refractivity contribution is 5.96. The first-order valence-corrected chi connectivity index (χ1v) is 6.89.